The molecule has 0 saturated carbocycles. The third kappa shape index (κ3) is 61.3. The Morgan fingerprint density at radius 1 is 0.280 bits per heavy atom. The van der Waals surface area contributed by atoms with Crippen LogP contribution >= 0.6 is 0 Å². The monoisotopic (exact) mass is 1040 g/mol. The maximum absolute atomic E-state index is 12.8. The van der Waals surface area contributed by atoms with E-state index in [9.17, 15) is 14.4 Å². The van der Waals surface area contributed by atoms with E-state index < -0.39 is 6.10 Å². The summed E-state index contributed by atoms with van der Waals surface area (Å²) in [6.07, 6.45) is 83.5. The fourth-order valence-corrected chi connectivity index (χ4v) is 9.14. The van der Waals surface area contributed by atoms with E-state index in [1.54, 1.807) is 0 Å². The smallest absolute Gasteiger partial charge is 0.306 e. The molecule has 0 aromatic heterocycles. The van der Waals surface area contributed by atoms with Gasteiger partial charge in [0, 0.05) is 19.3 Å². The van der Waals surface area contributed by atoms with Crippen LogP contribution in [0.1, 0.15) is 316 Å². The lowest BCUT2D eigenvalue weighted by Crippen LogP contribution is -2.30. The predicted octanol–water partition coefficient (Wildman–Crippen LogP) is 21.9. The topological polar surface area (TPSA) is 78.9 Å². The highest BCUT2D eigenvalue weighted by molar-refractivity contribution is 5.71. The number of unbranched alkanes of at least 4 members (excludes halogenated alkanes) is 33. The zero-order chi connectivity index (χ0) is 54.3. The van der Waals surface area contributed by atoms with Crippen LogP contribution in [0.4, 0.5) is 0 Å². The standard InChI is InChI=1S/C69H120O6/c1-4-7-10-13-16-18-20-22-24-26-28-30-32-33-34-35-37-38-40-42-44-46-48-50-53-56-59-62-68(71)74-65-66(64-73-67(70)61-58-55-52-15-12-9-6-3)75-69(72)63-60-57-54-51-49-47-45-43-41-39-36-31-29-27-25-23-21-19-17-14-11-8-5-2/h8,11,17,19,23,25,29,31,39,41,45,47,51,54,66H,4-7,9-10,12-16,18,20-22,24,26-28,30,32-38,40,42-44,46,48-50,52-53,55-65H2,1-3H3/b11-8-,19-17-,25-23-,31-29-,41-39-,47-45-,54-51-. The molecular weight excluding hydrogens is 925 g/mol. The number of allylic oxidation sites excluding steroid dienone is 14. The van der Waals surface area contributed by atoms with Gasteiger partial charge >= 0.3 is 17.9 Å². The van der Waals surface area contributed by atoms with Crippen LogP contribution < -0.4 is 0 Å². The highest BCUT2D eigenvalue weighted by Gasteiger charge is 2.19. The van der Waals surface area contributed by atoms with E-state index in [4.69, 9.17) is 14.2 Å². The zero-order valence-electron chi connectivity index (χ0n) is 49.6. The summed E-state index contributed by atoms with van der Waals surface area (Å²) in [5, 5.41) is 0. The minimum absolute atomic E-state index is 0.0966. The van der Waals surface area contributed by atoms with Gasteiger partial charge in [0.25, 0.3) is 0 Å². The Balaban J connectivity index is 4.18. The van der Waals surface area contributed by atoms with E-state index in [0.717, 1.165) is 89.9 Å². The fourth-order valence-electron chi connectivity index (χ4n) is 9.14. The number of rotatable bonds is 58. The van der Waals surface area contributed by atoms with Crippen LogP contribution in [0.15, 0.2) is 85.1 Å². The van der Waals surface area contributed by atoms with Gasteiger partial charge in [-0.25, -0.2) is 0 Å². The molecule has 0 N–H and O–H groups in total. The van der Waals surface area contributed by atoms with E-state index in [-0.39, 0.29) is 37.5 Å². The Hall–Kier alpha value is -3.41. The number of esters is 3. The predicted molar refractivity (Wildman–Crippen MR) is 325 cm³/mol. The Kier molecular flexibility index (Phi) is 60.3. The third-order valence-electron chi connectivity index (χ3n) is 13.9. The van der Waals surface area contributed by atoms with Crippen LogP contribution in [0, 0.1) is 0 Å². The first kappa shape index (κ1) is 71.6. The van der Waals surface area contributed by atoms with Crippen LogP contribution in [-0.2, 0) is 28.6 Å². The molecule has 0 heterocycles. The number of carbonyl (C=O) groups is 3. The number of hydrogen-bond donors (Lipinski definition) is 0. The minimum atomic E-state index is -0.804. The average Bonchev–Trinajstić information content (AvgIpc) is 3.41. The molecule has 1 atom stereocenters. The molecular formula is C69H120O6. The normalized spacial score (nSPS) is 12.6. The molecule has 0 fully saturated rings. The van der Waals surface area contributed by atoms with Crippen molar-refractivity contribution in [3.63, 3.8) is 0 Å². The average molecular weight is 1050 g/mol. The van der Waals surface area contributed by atoms with Gasteiger partial charge < -0.3 is 14.2 Å². The van der Waals surface area contributed by atoms with Gasteiger partial charge in [-0.05, 0) is 70.6 Å². The van der Waals surface area contributed by atoms with Gasteiger partial charge in [0.15, 0.2) is 6.10 Å². The van der Waals surface area contributed by atoms with Crippen LogP contribution in [0.3, 0.4) is 0 Å². The molecule has 0 saturated heterocycles. The van der Waals surface area contributed by atoms with Crippen LogP contribution in [0.5, 0.6) is 0 Å². The van der Waals surface area contributed by atoms with Crippen molar-refractivity contribution in [2.75, 3.05) is 13.2 Å². The van der Waals surface area contributed by atoms with Gasteiger partial charge in [0.2, 0.25) is 0 Å². The largest absolute Gasteiger partial charge is 0.462 e. The SMILES string of the molecule is CC/C=C\C/C=C\C/C=C\C/C=C\C/C=C\C/C=C\C/C=C\CCCC(=O)OC(COC(=O)CCCCCCCCC)COC(=O)CCCCCCCCCCCCCCCCCCCCCCCCCCCCC. The molecule has 432 valence electrons. The summed E-state index contributed by atoms with van der Waals surface area (Å²) in [6.45, 7) is 6.47. The second-order valence-electron chi connectivity index (χ2n) is 21.3. The Morgan fingerprint density at radius 3 is 0.800 bits per heavy atom. The van der Waals surface area contributed by atoms with E-state index >= 15 is 0 Å². The lowest BCUT2D eigenvalue weighted by atomic mass is 10.0. The fraction of sp³-hybridized carbons (Fsp3) is 0.754. The minimum Gasteiger partial charge on any atom is -0.462 e. The molecule has 75 heavy (non-hydrogen) atoms. The van der Waals surface area contributed by atoms with Gasteiger partial charge in [0.05, 0.1) is 0 Å². The molecule has 0 radical (unpaired) electrons. The maximum atomic E-state index is 12.8. The summed E-state index contributed by atoms with van der Waals surface area (Å²) in [6, 6.07) is 0. The molecule has 0 amide bonds. The number of hydrogen-bond acceptors (Lipinski definition) is 6. The van der Waals surface area contributed by atoms with Crippen molar-refractivity contribution in [1.82, 2.24) is 0 Å². The Bertz CT molecular complexity index is 1430. The van der Waals surface area contributed by atoms with E-state index in [1.807, 2.05) is 0 Å². The van der Waals surface area contributed by atoms with E-state index in [2.05, 4.69) is 106 Å². The first-order valence-electron chi connectivity index (χ1n) is 32.1. The zero-order valence-corrected chi connectivity index (χ0v) is 49.6. The van der Waals surface area contributed by atoms with Crippen molar-refractivity contribution < 1.29 is 28.6 Å². The quantitative estimate of drug-likeness (QED) is 0.0261. The molecule has 0 bridgehead atoms. The molecule has 0 rings (SSSR count). The van der Waals surface area contributed by atoms with Gasteiger partial charge in [0.1, 0.15) is 13.2 Å². The van der Waals surface area contributed by atoms with Gasteiger partial charge in [-0.2, -0.15) is 0 Å². The molecule has 0 aliphatic carbocycles. The Morgan fingerprint density at radius 2 is 0.520 bits per heavy atom. The summed E-state index contributed by atoms with van der Waals surface area (Å²) in [5.74, 6) is -0.953. The third-order valence-corrected chi connectivity index (χ3v) is 13.9. The van der Waals surface area contributed by atoms with Gasteiger partial charge in [-0.1, -0.05) is 311 Å². The number of carbonyl (C=O) groups excluding carboxylic acids is 3. The Labute approximate surface area is 465 Å². The van der Waals surface area contributed by atoms with Crippen LogP contribution in [0.25, 0.3) is 0 Å². The van der Waals surface area contributed by atoms with Gasteiger partial charge in [-0.15, -0.1) is 0 Å². The molecule has 6 nitrogen and oxygen atoms in total. The highest BCUT2D eigenvalue weighted by atomic mass is 16.6. The van der Waals surface area contributed by atoms with Crippen molar-refractivity contribution >= 4 is 17.9 Å². The molecule has 0 aromatic rings. The van der Waals surface area contributed by atoms with Crippen molar-refractivity contribution in [2.45, 2.75) is 322 Å². The summed E-state index contributed by atoms with van der Waals surface area (Å²) in [5.41, 5.74) is 0. The highest BCUT2D eigenvalue weighted by Crippen LogP contribution is 2.17. The molecule has 6 heteroatoms. The molecule has 1 unspecified atom stereocenters. The number of ether oxygens (including phenoxy) is 3. The summed E-state index contributed by atoms with van der Waals surface area (Å²) in [4.78, 5) is 38.0. The first-order chi connectivity index (χ1) is 37.0. The molecule has 0 aliphatic heterocycles. The van der Waals surface area contributed by atoms with Crippen LogP contribution in [0.2, 0.25) is 0 Å². The van der Waals surface area contributed by atoms with Crippen LogP contribution in [-0.4, -0.2) is 37.2 Å². The van der Waals surface area contributed by atoms with E-state index in [1.165, 1.54) is 180 Å². The summed E-state index contributed by atoms with van der Waals surface area (Å²) >= 11 is 0. The molecule has 0 aromatic carbocycles. The van der Waals surface area contributed by atoms with Crippen molar-refractivity contribution in [3.05, 3.63) is 85.1 Å². The second kappa shape index (κ2) is 63.1. The summed E-state index contributed by atoms with van der Waals surface area (Å²) < 4.78 is 16.8. The lowest BCUT2D eigenvalue weighted by molar-refractivity contribution is -0.167. The first-order valence-corrected chi connectivity index (χ1v) is 32.1. The molecule has 0 aliphatic rings. The van der Waals surface area contributed by atoms with Gasteiger partial charge in [-0.3, -0.25) is 14.4 Å². The van der Waals surface area contributed by atoms with Crippen molar-refractivity contribution in [1.29, 1.82) is 0 Å². The lowest BCUT2D eigenvalue weighted by Gasteiger charge is -2.18. The van der Waals surface area contributed by atoms with E-state index in [0.29, 0.717) is 19.3 Å². The van der Waals surface area contributed by atoms with Crippen molar-refractivity contribution in [3.8, 4) is 0 Å². The molecule has 0 spiro atoms. The second-order valence-corrected chi connectivity index (χ2v) is 21.3. The summed E-state index contributed by atoms with van der Waals surface area (Å²) in [7, 11) is 0. The maximum Gasteiger partial charge on any atom is 0.306 e. The van der Waals surface area contributed by atoms with Crippen molar-refractivity contribution in [2.24, 2.45) is 0 Å².